The Hall–Kier alpha value is -0.680. The molecule has 4 unspecified atom stereocenters. The van der Waals surface area contributed by atoms with Crippen molar-refractivity contribution >= 4 is 23.1 Å². The summed E-state index contributed by atoms with van der Waals surface area (Å²) in [5.41, 5.74) is 5.21. The number of amides is 1. The van der Waals surface area contributed by atoms with Gasteiger partial charge in [0.1, 0.15) is 5.41 Å². The van der Waals surface area contributed by atoms with Crippen molar-refractivity contribution in [2.45, 2.75) is 51.5 Å². The molecule has 1 amide bonds. The van der Waals surface area contributed by atoms with Gasteiger partial charge in [-0.1, -0.05) is 18.6 Å². The molecule has 2 saturated carbocycles. The average Bonchev–Trinajstić information content (AvgIpc) is 3.10. The zero-order chi connectivity index (χ0) is 15.0. The third-order valence-electron chi connectivity index (χ3n) is 6.05. The minimum absolute atomic E-state index is 0.0218. The maximum Gasteiger partial charge on any atom is 0.233 e. The zero-order valence-electron chi connectivity index (χ0n) is 12.8. The fourth-order valence-corrected chi connectivity index (χ4v) is 4.96. The summed E-state index contributed by atoms with van der Waals surface area (Å²) in [5, 5.41) is 3.24. The lowest BCUT2D eigenvalue weighted by Crippen LogP contribution is -2.55. The van der Waals surface area contributed by atoms with E-state index in [9.17, 15) is 4.79 Å². The van der Waals surface area contributed by atoms with Crippen LogP contribution in [-0.2, 0) is 9.53 Å². The summed E-state index contributed by atoms with van der Waals surface area (Å²) in [6.07, 6.45) is 6.57. The van der Waals surface area contributed by atoms with Gasteiger partial charge in [0.15, 0.2) is 0 Å². The van der Waals surface area contributed by atoms with Crippen molar-refractivity contribution in [2.24, 2.45) is 28.9 Å². The number of nitrogens with one attached hydrogen (secondary N) is 1. The third-order valence-corrected chi connectivity index (χ3v) is 6.44. The van der Waals surface area contributed by atoms with Gasteiger partial charge in [0.2, 0.25) is 5.91 Å². The van der Waals surface area contributed by atoms with Crippen LogP contribution in [0.1, 0.15) is 45.4 Å². The van der Waals surface area contributed by atoms with Gasteiger partial charge < -0.3 is 15.8 Å². The highest BCUT2D eigenvalue weighted by Crippen LogP contribution is 2.49. The van der Waals surface area contributed by atoms with Crippen molar-refractivity contribution < 1.29 is 9.53 Å². The number of hydrogen-bond donors (Lipinski definition) is 2. The topological polar surface area (TPSA) is 64.4 Å². The molecule has 2 bridgehead atoms. The van der Waals surface area contributed by atoms with Crippen molar-refractivity contribution in [3.63, 3.8) is 0 Å². The van der Waals surface area contributed by atoms with Crippen LogP contribution in [0, 0.1) is 23.2 Å². The molecule has 0 aromatic carbocycles. The zero-order valence-corrected chi connectivity index (χ0v) is 13.6. The van der Waals surface area contributed by atoms with E-state index in [4.69, 9.17) is 22.7 Å². The molecule has 4 atom stereocenters. The van der Waals surface area contributed by atoms with Gasteiger partial charge >= 0.3 is 0 Å². The van der Waals surface area contributed by atoms with Crippen molar-refractivity contribution in [3.8, 4) is 0 Å². The van der Waals surface area contributed by atoms with E-state index in [1.54, 1.807) is 0 Å². The summed E-state index contributed by atoms with van der Waals surface area (Å²) in [7, 11) is 0. The van der Waals surface area contributed by atoms with Crippen molar-refractivity contribution in [3.05, 3.63) is 0 Å². The lowest BCUT2D eigenvalue weighted by molar-refractivity contribution is -0.132. The highest BCUT2D eigenvalue weighted by molar-refractivity contribution is 7.80. The van der Waals surface area contributed by atoms with Crippen molar-refractivity contribution in [1.29, 1.82) is 0 Å². The summed E-state index contributed by atoms with van der Waals surface area (Å²) in [5.74, 6) is 2.36. The van der Waals surface area contributed by atoms with E-state index in [0.29, 0.717) is 37.0 Å². The molecule has 3 aliphatic rings. The van der Waals surface area contributed by atoms with Gasteiger partial charge in [-0.2, -0.15) is 0 Å². The van der Waals surface area contributed by atoms with Crippen molar-refractivity contribution in [1.82, 2.24) is 5.32 Å². The molecule has 1 saturated heterocycles. The van der Waals surface area contributed by atoms with E-state index in [2.05, 4.69) is 12.2 Å². The first-order valence-electron chi connectivity index (χ1n) is 8.21. The van der Waals surface area contributed by atoms with Gasteiger partial charge in [-0.05, 0) is 56.8 Å². The predicted octanol–water partition coefficient (Wildman–Crippen LogP) is 2.01. The van der Waals surface area contributed by atoms with Gasteiger partial charge in [0.25, 0.3) is 0 Å². The molecule has 21 heavy (non-hydrogen) atoms. The Morgan fingerprint density at radius 1 is 1.33 bits per heavy atom. The highest BCUT2D eigenvalue weighted by Gasteiger charge is 2.46. The summed E-state index contributed by atoms with van der Waals surface area (Å²) >= 11 is 5.21. The third kappa shape index (κ3) is 2.70. The molecule has 2 aliphatic carbocycles. The second-order valence-electron chi connectivity index (χ2n) is 7.16. The predicted molar refractivity (Wildman–Crippen MR) is 85.8 cm³/mol. The molecule has 3 fully saturated rings. The molecule has 3 N–H and O–H groups in total. The standard InChI is InChI=1S/C16H26N2O2S/c1-10(13-9-11-2-3-12(13)8-11)18-15(19)16(14(17)21)4-6-20-7-5-16/h10-13H,2-9H2,1H3,(H2,17,21)(H,18,19). The van der Waals surface area contributed by atoms with Gasteiger partial charge in [0.05, 0.1) is 4.99 Å². The number of fused-ring (bicyclic) bond motifs is 2. The number of hydrogen-bond acceptors (Lipinski definition) is 3. The minimum atomic E-state index is -0.695. The fourth-order valence-electron chi connectivity index (χ4n) is 4.66. The average molecular weight is 310 g/mol. The number of thiocarbonyl (C=S) groups is 1. The molecular weight excluding hydrogens is 284 g/mol. The van der Waals surface area contributed by atoms with E-state index in [1.807, 2.05) is 0 Å². The van der Waals surface area contributed by atoms with Crippen LogP contribution in [0.2, 0.25) is 0 Å². The Bertz CT molecular complexity index is 434. The first kappa shape index (κ1) is 15.2. The van der Waals surface area contributed by atoms with Crippen LogP contribution in [-0.4, -0.2) is 30.2 Å². The van der Waals surface area contributed by atoms with Gasteiger partial charge in [-0.25, -0.2) is 0 Å². The summed E-state index contributed by atoms with van der Waals surface area (Å²) in [6.45, 7) is 3.27. The second-order valence-corrected chi connectivity index (χ2v) is 7.60. The summed E-state index contributed by atoms with van der Waals surface area (Å²) in [4.78, 5) is 13.1. The van der Waals surface area contributed by atoms with E-state index in [-0.39, 0.29) is 11.9 Å². The van der Waals surface area contributed by atoms with Crippen LogP contribution in [0.25, 0.3) is 0 Å². The molecule has 4 nitrogen and oxygen atoms in total. The van der Waals surface area contributed by atoms with Crippen LogP contribution in [0.4, 0.5) is 0 Å². The Balaban J connectivity index is 1.65. The first-order chi connectivity index (χ1) is 10.0. The smallest absolute Gasteiger partial charge is 0.233 e. The lowest BCUT2D eigenvalue weighted by Gasteiger charge is -2.37. The second kappa shape index (κ2) is 5.84. The number of rotatable bonds is 4. The molecular formula is C16H26N2O2S. The first-order valence-corrected chi connectivity index (χ1v) is 8.62. The molecule has 1 aliphatic heterocycles. The van der Waals surface area contributed by atoms with Crippen LogP contribution in [0.5, 0.6) is 0 Å². The number of carbonyl (C=O) groups is 1. The summed E-state index contributed by atoms with van der Waals surface area (Å²) < 4.78 is 5.37. The molecule has 5 heteroatoms. The van der Waals surface area contributed by atoms with Crippen LogP contribution in [0.3, 0.4) is 0 Å². The lowest BCUT2D eigenvalue weighted by atomic mass is 9.78. The van der Waals surface area contributed by atoms with Gasteiger partial charge in [-0.15, -0.1) is 0 Å². The fraction of sp³-hybridized carbons (Fsp3) is 0.875. The SMILES string of the molecule is CC(NC(=O)C1(C(N)=S)CCOCC1)C1CC2CCC1C2. The Kier molecular flexibility index (Phi) is 4.23. The highest BCUT2D eigenvalue weighted by atomic mass is 32.1. The van der Waals surface area contributed by atoms with E-state index in [1.165, 1.54) is 25.7 Å². The number of carbonyl (C=O) groups excluding carboxylic acids is 1. The van der Waals surface area contributed by atoms with Crippen LogP contribution >= 0.6 is 12.2 Å². The Morgan fingerprint density at radius 3 is 2.57 bits per heavy atom. The quantitative estimate of drug-likeness (QED) is 0.780. The molecule has 0 aromatic rings. The van der Waals surface area contributed by atoms with E-state index >= 15 is 0 Å². The molecule has 1 heterocycles. The van der Waals surface area contributed by atoms with Crippen molar-refractivity contribution in [2.75, 3.05) is 13.2 Å². The van der Waals surface area contributed by atoms with Gasteiger partial charge in [0, 0.05) is 19.3 Å². The van der Waals surface area contributed by atoms with Gasteiger partial charge in [-0.3, -0.25) is 4.79 Å². The minimum Gasteiger partial charge on any atom is -0.392 e. The largest absolute Gasteiger partial charge is 0.392 e. The monoisotopic (exact) mass is 310 g/mol. The Morgan fingerprint density at radius 2 is 2.05 bits per heavy atom. The normalized spacial score (nSPS) is 35.4. The maximum absolute atomic E-state index is 12.8. The summed E-state index contributed by atoms with van der Waals surface area (Å²) in [6, 6.07) is 0.224. The molecule has 3 rings (SSSR count). The molecule has 0 spiro atoms. The Labute approximate surface area is 132 Å². The van der Waals surface area contributed by atoms with E-state index in [0.717, 1.165) is 11.8 Å². The van der Waals surface area contributed by atoms with Crippen LogP contribution < -0.4 is 11.1 Å². The maximum atomic E-state index is 12.8. The van der Waals surface area contributed by atoms with Crippen LogP contribution in [0.15, 0.2) is 0 Å². The number of ether oxygens (including phenoxy) is 1. The number of nitrogens with two attached hydrogens (primary N) is 1. The van der Waals surface area contributed by atoms with E-state index < -0.39 is 5.41 Å². The molecule has 0 aromatic heterocycles. The molecule has 118 valence electrons. The molecule has 0 radical (unpaired) electrons.